The van der Waals surface area contributed by atoms with E-state index in [0.29, 0.717) is 22.3 Å². The molecule has 2 aromatic carbocycles. The zero-order valence-electron chi connectivity index (χ0n) is 16.7. The number of amides is 4. The smallest absolute Gasteiger partial charge is 0.262 e. The van der Waals surface area contributed by atoms with Crippen molar-refractivity contribution in [2.24, 2.45) is 0 Å². The zero-order valence-corrected chi connectivity index (χ0v) is 18.3. The van der Waals surface area contributed by atoms with Crippen LogP contribution in [-0.4, -0.2) is 40.1 Å². The summed E-state index contributed by atoms with van der Waals surface area (Å²) < 4.78 is 0.681. The first-order valence-electron chi connectivity index (χ1n) is 9.65. The average molecular weight is 493 g/mol. The maximum atomic E-state index is 12.5. The number of fused-ring (bicyclic) bond motifs is 1. The van der Waals surface area contributed by atoms with Crippen LogP contribution in [0.15, 0.2) is 71.5 Å². The van der Waals surface area contributed by atoms with Crippen molar-refractivity contribution in [3.05, 3.63) is 93.7 Å². The third-order valence-corrected chi connectivity index (χ3v) is 5.34. The molecule has 3 aromatic rings. The molecule has 0 radical (unpaired) electrons. The van der Waals surface area contributed by atoms with Gasteiger partial charge in [0, 0.05) is 29.1 Å². The molecule has 9 heteroatoms. The molecule has 1 aliphatic heterocycles. The van der Waals surface area contributed by atoms with Gasteiger partial charge in [-0.1, -0.05) is 28.1 Å². The molecule has 1 aromatic heterocycles. The van der Waals surface area contributed by atoms with Crippen molar-refractivity contribution in [3.63, 3.8) is 0 Å². The highest BCUT2D eigenvalue weighted by Crippen LogP contribution is 2.26. The van der Waals surface area contributed by atoms with Gasteiger partial charge in [-0.15, -0.1) is 0 Å². The number of carbonyl (C=O) groups excluding carboxylic acids is 4. The van der Waals surface area contributed by atoms with E-state index in [1.807, 2.05) is 0 Å². The molecule has 0 saturated carbocycles. The number of hydrogen-bond acceptors (Lipinski definition) is 5. The van der Waals surface area contributed by atoms with Gasteiger partial charge >= 0.3 is 0 Å². The van der Waals surface area contributed by atoms with E-state index in [0.717, 1.165) is 10.5 Å². The highest BCUT2D eigenvalue weighted by atomic mass is 79.9. The van der Waals surface area contributed by atoms with Crippen LogP contribution in [0.5, 0.6) is 0 Å². The van der Waals surface area contributed by atoms with Crippen LogP contribution in [0, 0.1) is 0 Å². The molecule has 4 amide bonds. The minimum absolute atomic E-state index is 0.233. The van der Waals surface area contributed by atoms with E-state index in [9.17, 15) is 19.2 Å². The van der Waals surface area contributed by atoms with Gasteiger partial charge < -0.3 is 10.6 Å². The molecule has 4 rings (SSSR count). The molecular weight excluding hydrogens is 476 g/mol. The molecule has 2 N–H and O–H groups in total. The second-order valence-electron chi connectivity index (χ2n) is 7.06. The highest BCUT2D eigenvalue weighted by Gasteiger charge is 2.36. The fraction of sp³-hybridized carbons (Fsp3) is 0.0870. The average Bonchev–Trinajstić information content (AvgIpc) is 3.03. The van der Waals surface area contributed by atoms with Crippen molar-refractivity contribution in [3.8, 4) is 0 Å². The predicted molar refractivity (Wildman–Crippen MR) is 120 cm³/mol. The number of rotatable bonds is 6. The molecule has 0 atom stereocenters. The molecule has 0 bridgehead atoms. The highest BCUT2D eigenvalue weighted by molar-refractivity contribution is 9.10. The Labute approximate surface area is 191 Å². The number of pyridine rings is 1. The molecule has 2 heterocycles. The number of imide groups is 1. The fourth-order valence-corrected chi connectivity index (χ4v) is 3.60. The number of anilines is 1. The first-order valence-corrected chi connectivity index (χ1v) is 10.4. The van der Waals surface area contributed by atoms with Crippen LogP contribution in [0.4, 0.5) is 5.69 Å². The summed E-state index contributed by atoms with van der Waals surface area (Å²) in [4.78, 5) is 54.3. The monoisotopic (exact) mass is 492 g/mol. The Bertz CT molecular complexity index is 1210. The summed E-state index contributed by atoms with van der Waals surface area (Å²) in [6.07, 6.45) is 3.08. The second kappa shape index (κ2) is 9.11. The molecule has 0 unspecified atom stereocenters. The minimum atomic E-state index is -0.499. The summed E-state index contributed by atoms with van der Waals surface area (Å²) in [7, 11) is 0. The molecule has 32 heavy (non-hydrogen) atoms. The molecule has 0 fully saturated rings. The van der Waals surface area contributed by atoms with E-state index in [1.165, 1.54) is 6.20 Å². The molecule has 0 aliphatic carbocycles. The number of carbonyl (C=O) groups is 4. The third kappa shape index (κ3) is 4.57. The first kappa shape index (κ1) is 21.4. The quantitative estimate of drug-likeness (QED) is 0.514. The van der Waals surface area contributed by atoms with Gasteiger partial charge in [0.05, 0.1) is 16.7 Å². The summed E-state index contributed by atoms with van der Waals surface area (Å²) in [5.74, 6) is -1.71. The van der Waals surface area contributed by atoms with Crippen LogP contribution < -0.4 is 10.6 Å². The Hall–Kier alpha value is -3.85. The SMILES string of the molecule is O=C(CN1C(=O)c2ccc(Br)cc2C1=O)Nc1ccc(CNC(=O)c2cccnc2)cc1. The predicted octanol–water partition coefficient (Wildman–Crippen LogP) is 3.01. The first-order chi connectivity index (χ1) is 15.4. The van der Waals surface area contributed by atoms with Gasteiger partial charge in [-0.3, -0.25) is 29.1 Å². The molecule has 1 aliphatic rings. The number of hydrogen-bond donors (Lipinski definition) is 2. The number of aromatic nitrogens is 1. The molecule has 160 valence electrons. The number of halogens is 1. The lowest BCUT2D eigenvalue weighted by molar-refractivity contribution is -0.116. The lowest BCUT2D eigenvalue weighted by atomic mass is 10.1. The van der Waals surface area contributed by atoms with Gasteiger partial charge in [0.15, 0.2) is 0 Å². The van der Waals surface area contributed by atoms with Crippen LogP contribution in [0.2, 0.25) is 0 Å². The number of nitrogens with zero attached hydrogens (tertiary/aromatic N) is 2. The van der Waals surface area contributed by atoms with Crippen molar-refractivity contribution in [1.82, 2.24) is 15.2 Å². The van der Waals surface area contributed by atoms with Crippen LogP contribution in [0.3, 0.4) is 0 Å². The Balaban J connectivity index is 1.32. The largest absolute Gasteiger partial charge is 0.348 e. The van der Waals surface area contributed by atoms with Crippen LogP contribution >= 0.6 is 15.9 Å². The Morgan fingerprint density at radius 3 is 2.44 bits per heavy atom. The normalized spacial score (nSPS) is 12.5. The summed E-state index contributed by atoms with van der Waals surface area (Å²) in [5.41, 5.74) is 2.37. The van der Waals surface area contributed by atoms with Gasteiger partial charge in [0.2, 0.25) is 5.91 Å². The van der Waals surface area contributed by atoms with E-state index in [2.05, 4.69) is 31.5 Å². The van der Waals surface area contributed by atoms with E-state index in [4.69, 9.17) is 0 Å². The summed E-state index contributed by atoms with van der Waals surface area (Å²) >= 11 is 3.28. The van der Waals surface area contributed by atoms with E-state index in [1.54, 1.807) is 60.8 Å². The van der Waals surface area contributed by atoms with Gasteiger partial charge in [0.1, 0.15) is 6.54 Å². The van der Waals surface area contributed by atoms with Crippen LogP contribution in [-0.2, 0) is 11.3 Å². The van der Waals surface area contributed by atoms with Gasteiger partial charge in [-0.25, -0.2) is 0 Å². The van der Waals surface area contributed by atoms with E-state index < -0.39 is 17.7 Å². The summed E-state index contributed by atoms with van der Waals surface area (Å²) in [5, 5.41) is 5.47. The van der Waals surface area contributed by atoms with Crippen molar-refractivity contribution in [2.45, 2.75) is 6.54 Å². The third-order valence-electron chi connectivity index (χ3n) is 4.85. The lowest BCUT2D eigenvalue weighted by Crippen LogP contribution is -2.37. The molecular formula is C23H17BrN4O4. The fourth-order valence-electron chi connectivity index (χ4n) is 3.24. The molecule has 8 nitrogen and oxygen atoms in total. The van der Waals surface area contributed by atoms with Crippen molar-refractivity contribution < 1.29 is 19.2 Å². The second-order valence-corrected chi connectivity index (χ2v) is 7.97. The van der Waals surface area contributed by atoms with Crippen molar-refractivity contribution in [2.75, 3.05) is 11.9 Å². The summed E-state index contributed by atoms with van der Waals surface area (Å²) in [6, 6.07) is 15.1. The molecule has 0 spiro atoms. The van der Waals surface area contributed by atoms with Gasteiger partial charge in [-0.2, -0.15) is 0 Å². The van der Waals surface area contributed by atoms with Crippen LogP contribution in [0.25, 0.3) is 0 Å². The van der Waals surface area contributed by atoms with E-state index >= 15 is 0 Å². The standard InChI is InChI=1S/C23H17BrN4O4/c24-16-5-8-18-19(10-16)23(32)28(22(18)31)13-20(29)27-17-6-3-14(4-7-17)11-26-21(30)15-2-1-9-25-12-15/h1-10,12H,11,13H2,(H,26,30)(H,27,29). The topological polar surface area (TPSA) is 108 Å². The minimum Gasteiger partial charge on any atom is -0.348 e. The zero-order chi connectivity index (χ0) is 22.7. The van der Waals surface area contributed by atoms with Gasteiger partial charge in [0.25, 0.3) is 17.7 Å². The van der Waals surface area contributed by atoms with Crippen molar-refractivity contribution in [1.29, 1.82) is 0 Å². The Morgan fingerprint density at radius 1 is 0.969 bits per heavy atom. The number of benzene rings is 2. The van der Waals surface area contributed by atoms with Crippen molar-refractivity contribution >= 4 is 45.2 Å². The maximum absolute atomic E-state index is 12.5. The Kier molecular flexibility index (Phi) is 6.09. The van der Waals surface area contributed by atoms with Crippen LogP contribution in [0.1, 0.15) is 36.6 Å². The summed E-state index contributed by atoms with van der Waals surface area (Å²) in [6.45, 7) is -0.0700. The molecule has 0 saturated heterocycles. The number of nitrogens with one attached hydrogen (secondary N) is 2. The Morgan fingerprint density at radius 2 is 1.72 bits per heavy atom. The lowest BCUT2D eigenvalue weighted by Gasteiger charge is -2.14. The maximum Gasteiger partial charge on any atom is 0.262 e. The van der Waals surface area contributed by atoms with E-state index in [-0.39, 0.29) is 23.6 Å². The van der Waals surface area contributed by atoms with Gasteiger partial charge in [-0.05, 0) is 48.0 Å².